The Kier molecular flexibility index (Phi) is 6.74. The second-order valence-electron chi connectivity index (χ2n) is 1.96. The minimum Gasteiger partial charge on any atom is -0.269 e. The molecule has 7 heteroatoms. The minimum absolute atomic E-state index is 0.186. The van der Waals surface area contributed by atoms with Crippen molar-refractivity contribution in [2.24, 2.45) is 0 Å². The Morgan fingerprint density at radius 2 is 1.54 bits per heavy atom. The predicted molar refractivity (Wildman–Crippen MR) is 50.1 cm³/mol. The molecule has 78 valence electrons. The molecule has 0 saturated heterocycles. The van der Waals surface area contributed by atoms with Crippen LogP contribution >= 0.6 is 15.0 Å². The van der Waals surface area contributed by atoms with Crippen molar-refractivity contribution in [3.8, 4) is 0 Å². The van der Waals surface area contributed by atoms with Crippen LogP contribution in [0.1, 0.15) is 20.8 Å². The second kappa shape index (κ2) is 6.63. The first-order chi connectivity index (χ1) is 6.10. The van der Waals surface area contributed by atoms with Crippen LogP contribution in [0.15, 0.2) is 0 Å². The predicted octanol–water partition coefficient (Wildman–Crippen LogP) is 2.95. The summed E-state index contributed by atoms with van der Waals surface area (Å²) in [5.74, 6) is 0. The van der Waals surface area contributed by atoms with Crippen molar-refractivity contribution in [3.63, 3.8) is 0 Å². The van der Waals surface area contributed by atoms with E-state index < -0.39 is 15.0 Å². The third-order valence-corrected chi connectivity index (χ3v) is 5.31. The standard InChI is InChI=1S/C6H15O5P2/c1-4-9-12(7)13(8,10-5-2)11-6-3/h4-6H2,1-3H3/q+1. The summed E-state index contributed by atoms with van der Waals surface area (Å²) in [5, 5.41) is 0. The summed E-state index contributed by atoms with van der Waals surface area (Å²) in [6.45, 7) is 5.56. The van der Waals surface area contributed by atoms with Gasteiger partial charge in [-0.05, 0) is 25.3 Å². The van der Waals surface area contributed by atoms with Crippen LogP contribution in [0, 0.1) is 0 Å². The lowest BCUT2D eigenvalue weighted by Gasteiger charge is -2.03. The maximum absolute atomic E-state index is 11.6. The molecule has 0 aliphatic carbocycles. The quantitative estimate of drug-likeness (QED) is 0.628. The van der Waals surface area contributed by atoms with Crippen molar-refractivity contribution >= 4 is 15.0 Å². The van der Waals surface area contributed by atoms with Crippen LogP contribution in [-0.4, -0.2) is 19.8 Å². The van der Waals surface area contributed by atoms with E-state index in [1.54, 1.807) is 20.8 Å². The lowest BCUT2D eigenvalue weighted by molar-refractivity contribution is 0.227. The molecule has 0 radical (unpaired) electrons. The van der Waals surface area contributed by atoms with Gasteiger partial charge in [0.1, 0.15) is 6.61 Å². The molecule has 0 rings (SSSR count). The van der Waals surface area contributed by atoms with Gasteiger partial charge in [0.05, 0.1) is 13.2 Å². The third kappa shape index (κ3) is 4.30. The van der Waals surface area contributed by atoms with Gasteiger partial charge in [-0.1, -0.05) is 0 Å². The van der Waals surface area contributed by atoms with E-state index in [0.29, 0.717) is 0 Å². The van der Waals surface area contributed by atoms with E-state index in [9.17, 15) is 9.13 Å². The molecule has 0 aromatic carbocycles. The first kappa shape index (κ1) is 13.2. The van der Waals surface area contributed by atoms with Crippen molar-refractivity contribution in [3.05, 3.63) is 0 Å². The molecule has 0 aromatic heterocycles. The van der Waals surface area contributed by atoms with E-state index >= 15 is 0 Å². The molecular weight excluding hydrogens is 214 g/mol. The van der Waals surface area contributed by atoms with Gasteiger partial charge in [0, 0.05) is 0 Å². The van der Waals surface area contributed by atoms with Gasteiger partial charge in [-0.25, -0.2) is 4.57 Å². The molecule has 1 atom stereocenters. The van der Waals surface area contributed by atoms with Crippen LogP contribution in [0.3, 0.4) is 0 Å². The van der Waals surface area contributed by atoms with Gasteiger partial charge in [0.15, 0.2) is 0 Å². The molecule has 0 saturated carbocycles. The fraction of sp³-hybridized carbons (Fsp3) is 1.00. The fourth-order valence-corrected chi connectivity index (χ4v) is 3.95. The lowest BCUT2D eigenvalue weighted by atomic mass is 10.9. The highest BCUT2D eigenvalue weighted by Crippen LogP contribution is 2.70. The van der Waals surface area contributed by atoms with Crippen LogP contribution in [0.5, 0.6) is 0 Å². The zero-order chi connectivity index (χ0) is 10.3. The van der Waals surface area contributed by atoms with Crippen molar-refractivity contribution in [2.75, 3.05) is 19.8 Å². The highest BCUT2D eigenvalue weighted by atomic mass is 32.1. The molecule has 5 nitrogen and oxygen atoms in total. The molecule has 0 amide bonds. The Morgan fingerprint density at radius 3 is 1.85 bits per heavy atom. The number of hydrogen-bond acceptors (Lipinski definition) is 5. The molecule has 0 heterocycles. The van der Waals surface area contributed by atoms with E-state index in [4.69, 9.17) is 13.6 Å². The average molecular weight is 229 g/mol. The van der Waals surface area contributed by atoms with Gasteiger partial charge in [-0.3, -0.25) is 9.05 Å². The number of hydrogen-bond donors (Lipinski definition) is 0. The molecule has 0 N–H and O–H groups in total. The average Bonchev–Trinajstić information content (AvgIpc) is 2.05. The SMILES string of the molecule is CCO[P+](=O)P(=O)(OCC)OCC. The Hall–Kier alpha value is 0.210. The van der Waals surface area contributed by atoms with E-state index in [-0.39, 0.29) is 19.8 Å². The Balaban J connectivity index is 4.38. The topological polar surface area (TPSA) is 61.8 Å². The smallest absolute Gasteiger partial charge is 0.269 e. The van der Waals surface area contributed by atoms with Gasteiger partial charge in [-0.2, -0.15) is 0 Å². The maximum Gasteiger partial charge on any atom is 0.622 e. The first-order valence-corrected chi connectivity index (χ1v) is 7.53. The van der Waals surface area contributed by atoms with Gasteiger partial charge in [0.25, 0.3) is 0 Å². The molecule has 0 bridgehead atoms. The van der Waals surface area contributed by atoms with Crippen molar-refractivity contribution in [1.29, 1.82) is 0 Å². The zero-order valence-corrected chi connectivity index (χ0v) is 9.85. The molecule has 0 fully saturated rings. The summed E-state index contributed by atoms with van der Waals surface area (Å²) in [4.78, 5) is 0. The zero-order valence-electron chi connectivity index (χ0n) is 8.06. The van der Waals surface area contributed by atoms with Crippen LogP contribution < -0.4 is 0 Å². The fourth-order valence-electron chi connectivity index (χ4n) is 0.639. The van der Waals surface area contributed by atoms with Gasteiger partial charge >= 0.3 is 15.0 Å². The molecule has 0 aliphatic heterocycles. The minimum atomic E-state index is -3.54. The van der Waals surface area contributed by atoms with Crippen LogP contribution in [0.4, 0.5) is 0 Å². The summed E-state index contributed by atoms with van der Waals surface area (Å²) >= 11 is 0. The maximum atomic E-state index is 11.6. The normalized spacial score (nSPS) is 13.0. The molecular formula is C6H15O5P2+. The molecule has 13 heavy (non-hydrogen) atoms. The van der Waals surface area contributed by atoms with Crippen LogP contribution in [0.2, 0.25) is 0 Å². The van der Waals surface area contributed by atoms with Gasteiger partial charge < -0.3 is 0 Å². The highest BCUT2D eigenvalue weighted by molar-refractivity contribution is 8.21. The largest absolute Gasteiger partial charge is 0.622 e. The second-order valence-corrected chi connectivity index (χ2v) is 6.60. The van der Waals surface area contributed by atoms with E-state index in [0.717, 1.165) is 0 Å². The van der Waals surface area contributed by atoms with Gasteiger partial charge in [0.2, 0.25) is 0 Å². The summed E-state index contributed by atoms with van der Waals surface area (Å²) in [5.41, 5.74) is 0. The van der Waals surface area contributed by atoms with Gasteiger partial charge in [-0.15, -0.1) is 4.52 Å². The Labute approximate surface area is 79.1 Å². The third-order valence-electron chi connectivity index (χ3n) is 1.02. The monoisotopic (exact) mass is 229 g/mol. The van der Waals surface area contributed by atoms with Crippen molar-refractivity contribution < 1.29 is 22.7 Å². The molecule has 1 unspecified atom stereocenters. The Bertz CT molecular complexity index is 195. The van der Waals surface area contributed by atoms with Crippen LogP contribution in [-0.2, 0) is 22.7 Å². The summed E-state index contributed by atoms with van der Waals surface area (Å²) in [6, 6.07) is 0. The Morgan fingerprint density at radius 1 is 1.08 bits per heavy atom. The number of rotatable bonds is 7. The lowest BCUT2D eigenvalue weighted by Crippen LogP contribution is -1.93. The molecule has 0 spiro atoms. The van der Waals surface area contributed by atoms with Crippen molar-refractivity contribution in [1.82, 2.24) is 0 Å². The molecule has 0 aromatic rings. The van der Waals surface area contributed by atoms with E-state index in [2.05, 4.69) is 0 Å². The summed E-state index contributed by atoms with van der Waals surface area (Å²) in [7, 11) is -5.92. The first-order valence-electron chi connectivity index (χ1n) is 4.10. The van der Waals surface area contributed by atoms with E-state index in [1.807, 2.05) is 0 Å². The highest BCUT2D eigenvalue weighted by Gasteiger charge is 2.50. The van der Waals surface area contributed by atoms with Crippen molar-refractivity contribution in [2.45, 2.75) is 20.8 Å². The summed E-state index contributed by atoms with van der Waals surface area (Å²) < 4.78 is 37.2. The van der Waals surface area contributed by atoms with E-state index in [1.165, 1.54) is 0 Å². The molecule has 0 aliphatic rings. The summed E-state index contributed by atoms with van der Waals surface area (Å²) in [6.07, 6.45) is 0. The van der Waals surface area contributed by atoms with Crippen LogP contribution in [0.25, 0.3) is 0 Å².